The number of para-hydroxylation sites is 1. The number of rotatable bonds is 0. The van der Waals surface area contributed by atoms with E-state index in [0.717, 1.165) is 11.3 Å². The molecule has 0 aromatic heterocycles. The Hall–Kier alpha value is -1.51. The average molecular weight is 247 g/mol. The number of nitrogens with zero attached hydrogens (tertiary/aromatic N) is 1. The van der Waals surface area contributed by atoms with Crippen molar-refractivity contribution in [2.45, 2.75) is 40.3 Å². The van der Waals surface area contributed by atoms with Crippen LogP contribution in [0, 0.1) is 5.41 Å². The Morgan fingerprint density at radius 3 is 2.67 bits per heavy atom. The van der Waals surface area contributed by atoms with Crippen molar-refractivity contribution in [2.75, 3.05) is 6.54 Å². The van der Waals surface area contributed by atoms with Crippen molar-refractivity contribution in [3.05, 3.63) is 29.8 Å². The summed E-state index contributed by atoms with van der Waals surface area (Å²) in [5, 5.41) is 0. The summed E-state index contributed by atoms with van der Waals surface area (Å²) in [6, 6.07) is 7.94. The molecular weight excluding hydrogens is 226 g/mol. The highest BCUT2D eigenvalue weighted by atomic mass is 16.5. The van der Waals surface area contributed by atoms with E-state index in [1.165, 1.54) is 0 Å². The molecule has 3 heteroatoms. The van der Waals surface area contributed by atoms with Gasteiger partial charge in [-0.05, 0) is 13.0 Å². The van der Waals surface area contributed by atoms with Crippen LogP contribution in [-0.2, 0) is 11.3 Å². The number of amides is 1. The van der Waals surface area contributed by atoms with E-state index in [-0.39, 0.29) is 17.4 Å². The zero-order valence-electron chi connectivity index (χ0n) is 11.6. The van der Waals surface area contributed by atoms with Gasteiger partial charge in [0.2, 0.25) is 5.91 Å². The van der Waals surface area contributed by atoms with E-state index in [9.17, 15) is 4.79 Å². The highest BCUT2D eigenvalue weighted by Gasteiger charge is 2.30. The summed E-state index contributed by atoms with van der Waals surface area (Å²) in [4.78, 5) is 14.3. The van der Waals surface area contributed by atoms with E-state index in [4.69, 9.17) is 4.74 Å². The van der Waals surface area contributed by atoms with Crippen LogP contribution >= 0.6 is 0 Å². The molecule has 0 spiro atoms. The van der Waals surface area contributed by atoms with Gasteiger partial charge in [0.1, 0.15) is 11.9 Å². The van der Waals surface area contributed by atoms with Gasteiger partial charge >= 0.3 is 0 Å². The summed E-state index contributed by atoms with van der Waals surface area (Å²) in [6.07, 6.45) is 0.0277. The number of hydrogen-bond donors (Lipinski definition) is 0. The van der Waals surface area contributed by atoms with Crippen LogP contribution in [-0.4, -0.2) is 23.5 Å². The van der Waals surface area contributed by atoms with Gasteiger partial charge in [0.25, 0.3) is 0 Å². The molecule has 98 valence electrons. The summed E-state index contributed by atoms with van der Waals surface area (Å²) in [5.74, 6) is 1.07. The molecule has 3 nitrogen and oxygen atoms in total. The summed E-state index contributed by atoms with van der Waals surface area (Å²) >= 11 is 0. The zero-order valence-corrected chi connectivity index (χ0v) is 11.6. The summed E-state index contributed by atoms with van der Waals surface area (Å²) in [5.41, 5.74) is 0.735. The fourth-order valence-electron chi connectivity index (χ4n) is 2.21. The van der Waals surface area contributed by atoms with Gasteiger partial charge in [-0.2, -0.15) is 0 Å². The number of ether oxygens (including phenoxy) is 1. The quantitative estimate of drug-likeness (QED) is 0.705. The van der Waals surface area contributed by atoms with Crippen LogP contribution in [0.3, 0.4) is 0 Å². The maximum atomic E-state index is 12.4. The standard InChI is InChI=1S/C15H21NO2/c1-11-9-16(14(17)15(2,3)4)10-12-7-5-6-8-13(12)18-11/h5-8,11H,9-10H2,1-4H3/t11-/m0/s1. The van der Waals surface area contributed by atoms with Crippen molar-refractivity contribution < 1.29 is 9.53 Å². The van der Waals surface area contributed by atoms with Crippen molar-refractivity contribution in [3.8, 4) is 5.75 Å². The highest BCUT2D eigenvalue weighted by molar-refractivity contribution is 5.81. The molecule has 18 heavy (non-hydrogen) atoms. The number of fused-ring (bicyclic) bond motifs is 1. The molecule has 1 amide bonds. The van der Waals surface area contributed by atoms with E-state index in [0.29, 0.717) is 13.1 Å². The molecule has 1 aromatic rings. The first-order chi connectivity index (χ1) is 8.38. The molecule has 0 aliphatic carbocycles. The van der Waals surface area contributed by atoms with Crippen molar-refractivity contribution >= 4 is 5.91 Å². The first-order valence-corrected chi connectivity index (χ1v) is 6.42. The van der Waals surface area contributed by atoms with Crippen LogP contribution < -0.4 is 4.74 Å². The average Bonchev–Trinajstić information content (AvgIpc) is 2.44. The fraction of sp³-hybridized carbons (Fsp3) is 0.533. The maximum absolute atomic E-state index is 12.4. The molecule has 0 N–H and O–H groups in total. The number of carbonyl (C=O) groups excluding carboxylic acids is 1. The summed E-state index contributed by atoms with van der Waals surface area (Å²) in [6.45, 7) is 9.15. The number of carbonyl (C=O) groups is 1. The largest absolute Gasteiger partial charge is 0.489 e. The Bertz CT molecular complexity index is 448. The Morgan fingerprint density at radius 1 is 1.33 bits per heavy atom. The number of benzene rings is 1. The Balaban J connectivity index is 2.28. The lowest BCUT2D eigenvalue weighted by atomic mass is 9.94. The topological polar surface area (TPSA) is 29.5 Å². The van der Waals surface area contributed by atoms with Gasteiger partial charge in [-0.25, -0.2) is 0 Å². The van der Waals surface area contributed by atoms with E-state index in [1.807, 2.05) is 56.9 Å². The third-order valence-electron chi connectivity index (χ3n) is 3.07. The SMILES string of the molecule is C[C@H]1CN(C(=O)C(C)(C)C)Cc2ccccc2O1. The molecule has 1 aliphatic rings. The molecule has 0 radical (unpaired) electrons. The van der Waals surface area contributed by atoms with E-state index < -0.39 is 0 Å². The van der Waals surface area contributed by atoms with Crippen molar-refractivity contribution in [3.63, 3.8) is 0 Å². The number of hydrogen-bond acceptors (Lipinski definition) is 2. The van der Waals surface area contributed by atoms with E-state index in [2.05, 4.69) is 0 Å². The lowest BCUT2D eigenvalue weighted by Crippen LogP contribution is -2.42. The molecule has 1 aliphatic heterocycles. The molecule has 0 bridgehead atoms. The fourth-order valence-corrected chi connectivity index (χ4v) is 2.21. The van der Waals surface area contributed by atoms with Crippen molar-refractivity contribution in [1.82, 2.24) is 4.90 Å². The molecule has 0 unspecified atom stereocenters. The van der Waals surface area contributed by atoms with Gasteiger partial charge in [-0.1, -0.05) is 39.0 Å². The highest BCUT2D eigenvalue weighted by Crippen LogP contribution is 2.27. The molecule has 0 saturated carbocycles. The predicted molar refractivity (Wildman–Crippen MR) is 71.4 cm³/mol. The van der Waals surface area contributed by atoms with Gasteiger partial charge in [-0.15, -0.1) is 0 Å². The minimum atomic E-state index is -0.348. The van der Waals surface area contributed by atoms with Gasteiger partial charge in [-0.3, -0.25) is 4.79 Å². The van der Waals surface area contributed by atoms with Crippen LogP contribution in [0.5, 0.6) is 5.75 Å². The second-order valence-corrected chi connectivity index (χ2v) is 5.97. The van der Waals surface area contributed by atoms with Crippen LogP contribution in [0.25, 0.3) is 0 Å². The third-order valence-corrected chi connectivity index (χ3v) is 3.07. The Morgan fingerprint density at radius 2 is 2.00 bits per heavy atom. The first-order valence-electron chi connectivity index (χ1n) is 6.42. The first kappa shape index (κ1) is 12.9. The lowest BCUT2D eigenvalue weighted by molar-refractivity contribution is -0.140. The van der Waals surface area contributed by atoms with E-state index in [1.54, 1.807) is 0 Å². The zero-order chi connectivity index (χ0) is 13.3. The molecule has 0 fully saturated rings. The Kier molecular flexibility index (Phi) is 3.33. The van der Waals surface area contributed by atoms with E-state index >= 15 is 0 Å². The smallest absolute Gasteiger partial charge is 0.228 e. The third kappa shape index (κ3) is 2.66. The van der Waals surface area contributed by atoms with Gasteiger partial charge in [0, 0.05) is 17.5 Å². The minimum absolute atomic E-state index is 0.0277. The predicted octanol–water partition coefficient (Wildman–Crippen LogP) is 2.84. The van der Waals surface area contributed by atoms with Crippen LogP contribution in [0.1, 0.15) is 33.3 Å². The molecule has 1 aromatic carbocycles. The monoisotopic (exact) mass is 247 g/mol. The van der Waals surface area contributed by atoms with Crippen LogP contribution in [0.15, 0.2) is 24.3 Å². The molecule has 2 rings (SSSR count). The molecule has 0 saturated heterocycles. The summed E-state index contributed by atoms with van der Waals surface area (Å²) < 4.78 is 5.86. The second kappa shape index (κ2) is 4.63. The maximum Gasteiger partial charge on any atom is 0.228 e. The van der Waals surface area contributed by atoms with Crippen LogP contribution in [0.2, 0.25) is 0 Å². The molecular formula is C15H21NO2. The Labute approximate surface area is 109 Å². The normalized spacial score (nSPS) is 19.8. The second-order valence-electron chi connectivity index (χ2n) is 5.97. The van der Waals surface area contributed by atoms with Crippen molar-refractivity contribution in [2.24, 2.45) is 5.41 Å². The minimum Gasteiger partial charge on any atom is -0.489 e. The van der Waals surface area contributed by atoms with Gasteiger partial charge < -0.3 is 9.64 Å². The van der Waals surface area contributed by atoms with Gasteiger partial charge in [0.05, 0.1) is 6.54 Å². The molecule has 1 heterocycles. The summed E-state index contributed by atoms with van der Waals surface area (Å²) in [7, 11) is 0. The van der Waals surface area contributed by atoms with Crippen molar-refractivity contribution in [1.29, 1.82) is 0 Å². The lowest BCUT2D eigenvalue weighted by Gasteiger charge is -2.29. The van der Waals surface area contributed by atoms with Crippen LogP contribution in [0.4, 0.5) is 0 Å². The molecule has 1 atom stereocenters. The van der Waals surface area contributed by atoms with Gasteiger partial charge in [0.15, 0.2) is 0 Å².